The quantitative estimate of drug-likeness (QED) is 0.676. The van der Waals surface area contributed by atoms with Gasteiger partial charge in [-0.3, -0.25) is 4.79 Å². The van der Waals surface area contributed by atoms with Crippen molar-refractivity contribution >= 4 is 23.1 Å². The predicted octanol–water partition coefficient (Wildman–Crippen LogP) is 2.40. The van der Waals surface area contributed by atoms with E-state index in [4.69, 9.17) is 22.7 Å². The first-order chi connectivity index (χ1) is 9.56. The monoisotopic (exact) mass is 300 g/mol. The van der Waals surface area contributed by atoms with Gasteiger partial charge in [0.05, 0.1) is 4.99 Å². The Morgan fingerprint density at radius 1 is 1.40 bits per heavy atom. The van der Waals surface area contributed by atoms with Gasteiger partial charge < -0.3 is 15.8 Å². The molecule has 5 heteroatoms. The molecule has 0 aromatic carbocycles. The minimum absolute atomic E-state index is 0.0109. The number of unbranched alkanes of at least 4 members (excludes halogenated alkanes) is 1. The summed E-state index contributed by atoms with van der Waals surface area (Å²) < 4.78 is 5.33. The van der Waals surface area contributed by atoms with Gasteiger partial charge in [-0.25, -0.2) is 0 Å². The van der Waals surface area contributed by atoms with Crippen molar-refractivity contribution in [2.24, 2.45) is 17.1 Å². The van der Waals surface area contributed by atoms with Gasteiger partial charge in [-0.1, -0.05) is 45.3 Å². The van der Waals surface area contributed by atoms with Crippen LogP contribution in [-0.4, -0.2) is 30.7 Å². The van der Waals surface area contributed by atoms with E-state index in [1.165, 1.54) is 12.8 Å². The van der Waals surface area contributed by atoms with Gasteiger partial charge >= 0.3 is 0 Å². The zero-order valence-electron chi connectivity index (χ0n) is 12.7. The average Bonchev–Trinajstić information content (AvgIpc) is 2.47. The van der Waals surface area contributed by atoms with Crippen LogP contribution in [0, 0.1) is 11.3 Å². The van der Waals surface area contributed by atoms with Gasteiger partial charge in [0.25, 0.3) is 0 Å². The second kappa shape index (κ2) is 8.57. The maximum Gasteiger partial charge on any atom is 0.233 e. The number of ether oxygens (including phenoxy) is 1. The molecule has 0 aromatic rings. The first-order valence-electron chi connectivity index (χ1n) is 7.72. The number of nitrogens with one attached hydrogen (secondary N) is 1. The normalized spacial score (nSPS) is 19.3. The Kier molecular flexibility index (Phi) is 7.45. The van der Waals surface area contributed by atoms with Gasteiger partial charge in [0, 0.05) is 19.8 Å². The van der Waals surface area contributed by atoms with E-state index in [1.807, 2.05) is 0 Å². The largest absolute Gasteiger partial charge is 0.392 e. The molecule has 0 radical (unpaired) electrons. The molecule has 4 nitrogen and oxygen atoms in total. The lowest BCUT2D eigenvalue weighted by Crippen LogP contribution is -2.52. The highest BCUT2D eigenvalue weighted by Gasteiger charge is 2.42. The summed E-state index contributed by atoms with van der Waals surface area (Å²) in [4.78, 5) is 12.8. The van der Waals surface area contributed by atoms with Crippen molar-refractivity contribution in [3.63, 3.8) is 0 Å². The van der Waals surface area contributed by atoms with E-state index in [1.54, 1.807) is 0 Å². The molecule has 20 heavy (non-hydrogen) atoms. The Hall–Kier alpha value is -0.680. The smallest absolute Gasteiger partial charge is 0.233 e. The highest BCUT2D eigenvalue weighted by Crippen LogP contribution is 2.31. The van der Waals surface area contributed by atoms with Crippen LogP contribution in [0.2, 0.25) is 0 Å². The van der Waals surface area contributed by atoms with Gasteiger partial charge in [0.2, 0.25) is 5.91 Å². The maximum atomic E-state index is 12.5. The van der Waals surface area contributed by atoms with E-state index in [9.17, 15) is 4.79 Å². The number of thiocarbonyl (C=S) groups is 1. The van der Waals surface area contributed by atoms with Gasteiger partial charge in [-0.15, -0.1) is 0 Å². The Balaban J connectivity index is 2.56. The third-order valence-corrected chi connectivity index (χ3v) is 4.74. The van der Waals surface area contributed by atoms with Crippen LogP contribution in [0.4, 0.5) is 0 Å². The van der Waals surface area contributed by atoms with Crippen molar-refractivity contribution in [3.8, 4) is 0 Å². The molecular formula is C15H28N2O2S. The summed E-state index contributed by atoms with van der Waals surface area (Å²) in [7, 11) is 0. The summed E-state index contributed by atoms with van der Waals surface area (Å²) in [5, 5.41) is 3.07. The molecule has 1 aliphatic heterocycles. The van der Waals surface area contributed by atoms with Crippen LogP contribution in [0.5, 0.6) is 0 Å². The van der Waals surface area contributed by atoms with E-state index < -0.39 is 5.41 Å². The Morgan fingerprint density at radius 3 is 2.55 bits per heavy atom. The van der Waals surface area contributed by atoms with Crippen molar-refractivity contribution in [2.75, 3.05) is 19.8 Å². The maximum absolute atomic E-state index is 12.5. The number of hydrogen-bond acceptors (Lipinski definition) is 3. The molecule has 0 aliphatic carbocycles. The molecule has 0 bridgehead atoms. The first-order valence-corrected chi connectivity index (χ1v) is 8.13. The van der Waals surface area contributed by atoms with Crippen molar-refractivity contribution in [3.05, 3.63) is 0 Å². The fourth-order valence-electron chi connectivity index (χ4n) is 2.65. The van der Waals surface area contributed by atoms with E-state index in [0.717, 1.165) is 19.4 Å². The zero-order valence-corrected chi connectivity index (χ0v) is 13.6. The zero-order chi connectivity index (χ0) is 15.0. The van der Waals surface area contributed by atoms with Crippen LogP contribution < -0.4 is 11.1 Å². The van der Waals surface area contributed by atoms with E-state index in [-0.39, 0.29) is 5.91 Å². The third kappa shape index (κ3) is 4.42. The SMILES string of the molecule is CCCCC(CC)CNC(=O)C1(C(N)=S)CCOCC1. The van der Waals surface area contributed by atoms with Crippen LogP contribution in [0.3, 0.4) is 0 Å². The lowest BCUT2D eigenvalue weighted by molar-refractivity contribution is -0.131. The lowest BCUT2D eigenvalue weighted by atomic mass is 9.79. The molecule has 0 aromatic heterocycles. The standard InChI is InChI=1S/C15H28N2O2S/c1-3-5-6-12(4-2)11-17-14(18)15(13(16)20)7-9-19-10-8-15/h12H,3-11H2,1-2H3,(H2,16,20)(H,17,18). The van der Waals surface area contributed by atoms with Gasteiger partial charge in [-0.2, -0.15) is 0 Å². The molecule has 1 heterocycles. The molecule has 1 fully saturated rings. The Labute approximate surface area is 127 Å². The topological polar surface area (TPSA) is 64.4 Å². The highest BCUT2D eigenvalue weighted by molar-refractivity contribution is 7.80. The summed E-state index contributed by atoms with van der Waals surface area (Å²) in [5.74, 6) is 0.533. The summed E-state index contributed by atoms with van der Waals surface area (Å²) in [6.07, 6.45) is 5.85. The van der Waals surface area contributed by atoms with E-state index >= 15 is 0 Å². The minimum atomic E-state index is -0.698. The molecule has 0 spiro atoms. The van der Waals surface area contributed by atoms with E-state index in [0.29, 0.717) is 37.0 Å². The molecule has 1 saturated heterocycles. The summed E-state index contributed by atoms with van der Waals surface area (Å²) in [5.41, 5.74) is 5.14. The molecular weight excluding hydrogens is 272 g/mol. The lowest BCUT2D eigenvalue weighted by Gasteiger charge is -2.35. The Bertz CT molecular complexity index is 328. The summed E-state index contributed by atoms with van der Waals surface area (Å²) in [6.45, 7) is 6.19. The summed E-state index contributed by atoms with van der Waals surface area (Å²) >= 11 is 5.14. The Morgan fingerprint density at radius 2 is 2.05 bits per heavy atom. The van der Waals surface area contributed by atoms with Crippen molar-refractivity contribution in [2.45, 2.75) is 52.4 Å². The number of amides is 1. The molecule has 1 amide bonds. The van der Waals surface area contributed by atoms with Crippen LogP contribution in [-0.2, 0) is 9.53 Å². The van der Waals surface area contributed by atoms with Gasteiger partial charge in [0.15, 0.2) is 0 Å². The van der Waals surface area contributed by atoms with Gasteiger partial charge in [0.1, 0.15) is 5.41 Å². The molecule has 0 saturated carbocycles. The number of carbonyl (C=O) groups is 1. The highest BCUT2D eigenvalue weighted by atomic mass is 32.1. The van der Waals surface area contributed by atoms with Gasteiger partial charge in [-0.05, 0) is 25.2 Å². The minimum Gasteiger partial charge on any atom is -0.392 e. The average molecular weight is 300 g/mol. The molecule has 1 rings (SSSR count). The second-order valence-electron chi connectivity index (χ2n) is 5.69. The fourth-order valence-corrected chi connectivity index (χ4v) is 2.95. The van der Waals surface area contributed by atoms with E-state index in [2.05, 4.69) is 19.2 Å². The van der Waals surface area contributed by atoms with Crippen molar-refractivity contribution < 1.29 is 9.53 Å². The molecule has 1 aliphatic rings. The molecule has 116 valence electrons. The number of hydrogen-bond donors (Lipinski definition) is 2. The van der Waals surface area contributed by atoms with Crippen LogP contribution in [0.1, 0.15) is 52.4 Å². The second-order valence-corrected chi connectivity index (χ2v) is 6.13. The van der Waals surface area contributed by atoms with Crippen molar-refractivity contribution in [1.82, 2.24) is 5.32 Å². The fraction of sp³-hybridized carbons (Fsp3) is 0.867. The van der Waals surface area contributed by atoms with Crippen LogP contribution in [0.15, 0.2) is 0 Å². The number of rotatable bonds is 8. The van der Waals surface area contributed by atoms with Crippen LogP contribution in [0.25, 0.3) is 0 Å². The number of carbonyl (C=O) groups excluding carboxylic acids is 1. The van der Waals surface area contributed by atoms with Crippen LogP contribution >= 0.6 is 12.2 Å². The third-order valence-electron chi connectivity index (χ3n) is 4.35. The summed E-state index contributed by atoms with van der Waals surface area (Å²) in [6, 6.07) is 0. The first kappa shape index (κ1) is 17.4. The van der Waals surface area contributed by atoms with Crippen molar-refractivity contribution in [1.29, 1.82) is 0 Å². The molecule has 3 N–H and O–H groups in total. The predicted molar refractivity (Wildman–Crippen MR) is 85.6 cm³/mol. The molecule has 1 unspecified atom stereocenters. The molecule has 1 atom stereocenters. The number of nitrogens with two attached hydrogens (primary N) is 1.